The second-order valence-corrected chi connectivity index (χ2v) is 8.85. The number of imidazole rings is 1. The normalized spacial score (nSPS) is 11.4. The van der Waals surface area contributed by atoms with Crippen molar-refractivity contribution in [1.82, 2.24) is 18.7 Å². The summed E-state index contributed by atoms with van der Waals surface area (Å²) in [4.78, 5) is 54.7. The number of fused-ring (bicyclic) bond motifs is 1. The summed E-state index contributed by atoms with van der Waals surface area (Å²) < 4.78 is 4.00. The van der Waals surface area contributed by atoms with Gasteiger partial charge in [0.1, 0.15) is 12.2 Å². The van der Waals surface area contributed by atoms with Crippen molar-refractivity contribution in [1.29, 1.82) is 0 Å². The number of benzene rings is 1. The first-order chi connectivity index (χ1) is 16.1. The van der Waals surface area contributed by atoms with Gasteiger partial charge in [0.05, 0.1) is 11.3 Å². The molecular formula is C23H30N6O5. The third-order valence-electron chi connectivity index (χ3n) is 5.76. The Balaban J connectivity index is 2.09. The zero-order valence-corrected chi connectivity index (χ0v) is 20.1. The molecule has 1 N–H and O–H groups in total. The maximum Gasteiger partial charge on any atom is 0.333 e. The lowest BCUT2D eigenvalue weighted by molar-refractivity contribution is -0.384. The highest BCUT2D eigenvalue weighted by Gasteiger charge is 2.23. The van der Waals surface area contributed by atoms with E-state index in [4.69, 9.17) is 0 Å². The van der Waals surface area contributed by atoms with Gasteiger partial charge in [0, 0.05) is 19.2 Å². The number of amides is 1. The van der Waals surface area contributed by atoms with Gasteiger partial charge >= 0.3 is 5.69 Å². The van der Waals surface area contributed by atoms with Crippen LogP contribution in [0.2, 0.25) is 0 Å². The Morgan fingerprint density at radius 2 is 1.91 bits per heavy atom. The molecule has 11 heteroatoms. The summed E-state index contributed by atoms with van der Waals surface area (Å²) in [6.07, 6.45) is 3.28. The molecule has 2 heterocycles. The Kier molecular flexibility index (Phi) is 7.33. The predicted molar refractivity (Wildman–Crippen MR) is 129 cm³/mol. The van der Waals surface area contributed by atoms with Crippen molar-refractivity contribution in [2.24, 2.45) is 5.92 Å². The molecule has 182 valence electrons. The molecule has 11 nitrogen and oxygen atoms in total. The monoisotopic (exact) mass is 470 g/mol. The average molecular weight is 471 g/mol. The van der Waals surface area contributed by atoms with Crippen LogP contribution in [-0.2, 0) is 24.4 Å². The quantitative estimate of drug-likeness (QED) is 0.377. The number of unbranched alkanes of at least 4 members (excludes halogenated alkanes) is 1. The molecule has 3 aromatic rings. The van der Waals surface area contributed by atoms with Gasteiger partial charge in [0.15, 0.2) is 11.2 Å². The van der Waals surface area contributed by atoms with Crippen LogP contribution < -0.4 is 16.6 Å². The number of anilines is 1. The molecule has 0 aliphatic carbocycles. The van der Waals surface area contributed by atoms with E-state index in [0.717, 1.165) is 23.0 Å². The lowest BCUT2D eigenvalue weighted by Crippen LogP contribution is -2.43. The number of carbonyl (C=O) groups excluding carboxylic acids is 1. The summed E-state index contributed by atoms with van der Waals surface area (Å²) in [5, 5.41) is 14.0. The van der Waals surface area contributed by atoms with Crippen LogP contribution in [0.1, 0.15) is 44.7 Å². The van der Waals surface area contributed by atoms with E-state index in [2.05, 4.69) is 10.3 Å². The molecule has 2 aromatic heterocycles. The lowest BCUT2D eigenvalue weighted by Gasteiger charge is -2.15. The van der Waals surface area contributed by atoms with E-state index in [1.807, 2.05) is 20.8 Å². The fourth-order valence-corrected chi connectivity index (χ4v) is 3.84. The number of nitro groups is 1. The van der Waals surface area contributed by atoms with Crippen LogP contribution in [0.4, 0.5) is 11.4 Å². The number of aryl methyl sites for hydroxylation is 2. The van der Waals surface area contributed by atoms with Crippen LogP contribution in [0, 0.1) is 29.9 Å². The molecule has 0 bridgehead atoms. The second-order valence-electron chi connectivity index (χ2n) is 8.85. The van der Waals surface area contributed by atoms with E-state index in [-0.39, 0.29) is 22.8 Å². The van der Waals surface area contributed by atoms with Gasteiger partial charge in [0.25, 0.3) is 11.2 Å². The van der Waals surface area contributed by atoms with Crippen molar-refractivity contribution >= 4 is 28.4 Å². The SMILES string of the molecule is CCCCn1cnc2c1c(=O)n(CC(=O)Nc1c([N+](=O)[O-])ccc(C)c1C)c(=O)n2CC(C)C. The predicted octanol–water partition coefficient (Wildman–Crippen LogP) is 2.98. The van der Waals surface area contributed by atoms with Crippen molar-refractivity contribution < 1.29 is 9.72 Å². The number of rotatable bonds is 9. The maximum absolute atomic E-state index is 13.3. The maximum atomic E-state index is 13.3. The first-order valence-electron chi connectivity index (χ1n) is 11.3. The van der Waals surface area contributed by atoms with E-state index in [9.17, 15) is 24.5 Å². The summed E-state index contributed by atoms with van der Waals surface area (Å²) in [5.41, 5.74) is 0.408. The molecule has 0 saturated heterocycles. The van der Waals surface area contributed by atoms with E-state index in [1.165, 1.54) is 10.6 Å². The number of hydrogen-bond donors (Lipinski definition) is 1. The second kappa shape index (κ2) is 10.0. The van der Waals surface area contributed by atoms with E-state index in [1.54, 1.807) is 30.8 Å². The minimum atomic E-state index is -0.703. The Labute approximate surface area is 196 Å². The molecule has 0 atom stereocenters. The van der Waals surface area contributed by atoms with Gasteiger partial charge in [-0.25, -0.2) is 14.3 Å². The van der Waals surface area contributed by atoms with Crippen LogP contribution in [0.25, 0.3) is 11.2 Å². The third kappa shape index (κ3) is 4.78. The minimum Gasteiger partial charge on any atom is -0.325 e. The molecule has 0 aliphatic heterocycles. The van der Waals surface area contributed by atoms with Gasteiger partial charge < -0.3 is 9.88 Å². The number of carbonyl (C=O) groups is 1. The van der Waals surface area contributed by atoms with Gasteiger partial charge in [-0.15, -0.1) is 0 Å². The highest BCUT2D eigenvalue weighted by Crippen LogP contribution is 2.30. The summed E-state index contributed by atoms with van der Waals surface area (Å²) in [7, 11) is 0. The highest BCUT2D eigenvalue weighted by atomic mass is 16.6. The van der Waals surface area contributed by atoms with Crippen LogP contribution in [-0.4, -0.2) is 29.5 Å². The molecule has 0 aliphatic rings. The molecule has 1 amide bonds. The van der Waals surface area contributed by atoms with Crippen LogP contribution in [0.15, 0.2) is 28.0 Å². The number of nitrogens with zero attached hydrogens (tertiary/aromatic N) is 5. The summed E-state index contributed by atoms with van der Waals surface area (Å²) >= 11 is 0. The first-order valence-corrected chi connectivity index (χ1v) is 11.3. The van der Waals surface area contributed by atoms with Gasteiger partial charge in [-0.1, -0.05) is 33.3 Å². The van der Waals surface area contributed by atoms with Gasteiger partial charge in [0.2, 0.25) is 5.91 Å². The fourth-order valence-electron chi connectivity index (χ4n) is 3.84. The Bertz CT molecular complexity index is 1360. The Hall–Kier alpha value is -3.76. The van der Waals surface area contributed by atoms with Crippen molar-refractivity contribution in [3.05, 3.63) is 60.5 Å². The van der Waals surface area contributed by atoms with Crippen molar-refractivity contribution in [3.8, 4) is 0 Å². The van der Waals surface area contributed by atoms with Crippen molar-refractivity contribution in [3.63, 3.8) is 0 Å². The summed E-state index contributed by atoms with van der Waals surface area (Å²) in [6.45, 7) is 9.65. The van der Waals surface area contributed by atoms with Gasteiger partial charge in [-0.2, -0.15) is 0 Å². The van der Waals surface area contributed by atoms with Crippen molar-refractivity contribution in [2.75, 3.05) is 5.32 Å². The Morgan fingerprint density at radius 1 is 1.21 bits per heavy atom. The number of hydrogen-bond acceptors (Lipinski definition) is 6. The zero-order chi connectivity index (χ0) is 25.2. The molecule has 0 fully saturated rings. The van der Waals surface area contributed by atoms with E-state index >= 15 is 0 Å². The zero-order valence-electron chi connectivity index (χ0n) is 20.1. The largest absolute Gasteiger partial charge is 0.333 e. The summed E-state index contributed by atoms with van der Waals surface area (Å²) in [6, 6.07) is 2.92. The average Bonchev–Trinajstić information content (AvgIpc) is 3.19. The van der Waals surface area contributed by atoms with Gasteiger partial charge in [-0.05, 0) is 37.3 Å². The smallest absolute Gasteiger partial charge is 0.325 e. The van der Waals surface area contributed by atoms with E-state index in [0.29, 0.717) is 24.3 Å². The van der Waals surface area contributed by atoms with Gasteiger partial charge in [-0.3, -0.25) is 24.3 Å². The minimum absolute atomic E-state index is 0.0552. The fraction of sp³-hybridized carbons (Fsp3) is 0.478. The van der Waals surface area contributed by atoms with Crippen LogP contribution in [0.3, 0.4) is 0 Å². The van der Waals surface area contributed by atoms with Crippen LogP contribution >= 0.6 is 0 Å². The molecule has 0 unspecified atom stereocenters. The number of aromatic nitrogens is 4. The van der Waals surface area contributed by atoms with Crippen LogP contribution in [0.5, 0.6) is 0 Å². The van der Waals surface area contributed by atoms with E-state index < -0.39 is 28.6 Å². The number of nitro benzene ring substituents is 1. The highest BCUT2D eigenvalue weighted by molar-refractivity contribution is 5.94. The molecule has 0 saturated carbocycles. The Morgan fingerprint density at radius 3 is 2.53 bits per heavy atom. The lowest BCUT2D eigenvalue weighted by atomic mass is 10.1. The van der Waals surface area contributed by atoms with Crippen molar-refractivity contribution in [2.45, 2.75) is 67.1 Å². The molecule has 0 radical (unpaired) electrons. The molecule has 0 spiro atoms. The molecule has 1 aromatic carbocycles. The third-order valence-corrected chi connectivity index (χ3v) is 5.76. The molecule has 3 rings (SSSR count). The molecular weight excluding hydrogens is 440 g/mol. The number of nitrogens with one attached hydrogen (secondary N) is 1. The topological polar surface area (TPSA) is 134 Å². The summed E-state index contributed by atoms with van der Waals surface area (Å²) in [5.74, 6) is -0.606. The first kappa shape index (κ1) is 24.9. The molecule has 34 heavy (non-hydrogen) atoms. The standard InChI is InChI=1S/C23H30N6O5/c1-6-7-10-26-13-24-21-20(26)22(31)28(23(32)27(21)11-14(2)3)12-18(30)25-19-16(5)15(4)8-9-17(19)29(33)34/h8-9,13-14H,6-7,10-12H2,1-5H3,(H,25,30).